The predicted molar refractivity (Wildman–Crippen MR) is 89.6 cm³/mol. The van der Waals surface area contributed by atoms with E-state index in [2.05, 4.69) is 10.2 Å². The Morgan fingerprint density at radius 2 is 1.61 bits per heavy atom. The molecule has 1 N–H and O–H groups in total. The summed E-state index contributed by atoms with van der Waals surface area (Å²) in [5.41, 5.74) is 1.61. The van der Waals surface area contributed by atoms with Gasteiger partial charge in [-0.05, 0) is 55.8 Å². The van der Waals surface area contributed by atoms with Crippen LogP contribution < -0.4 is 5.32 Å². The number of hydrogen-bond donors (Lipinski definition) is 1. The molecule has 120 valence electrons. The number of likely N-dealkylation sites (tertiary alicyclic amines) is 1. The molecule has 1 fully saturated rings. The van der Waals surface area contributed by atoms with Gasteiger partial charge in [0.2, 0.25) is 5.91 Å². The fourth-order valence-corrected chi connectivity index (χ4v) is 3.08. The molecular formula is C19H21FN2O. The summed E-state index contributed by atoms with van der Waals surface area (Å²) >= 11 is 0. The van der Waals surface area contributed by atoms with Gasteiger partial charge in [0, 0.05) is 5.69 Å². The quantitative estimate of drug-likeness (QED) is 0.926. The van der Waals surface area contributed by atoms with Gasteiger partial charge in [0.25, 0.3) is 0 Å². The maximum Gasteiger partial charge on any atom is 0.246 e. The number of hydrogen-bond acceptors (Lipinski definition) is 2. The lowest BCUT2D eigenvalue weighted by Gasteiger charge is -2.33. The van der Waals surface area contributed by atoms with Gasteiger partial charge in [0.1, 0.15) is 11.9 Å². The number of carbonyl (C=O) groups excluding carboxylic acids is 1. The largest absolute Gasteiger partial charge is 0.324 e. The zero-order valence-corrected chi connectivity index (χ0v) is 13.0. The molecular weight excluding hydrogens is 291 g/mol. The number of piperidine rings is 1. The van der Waals surface area contributed by atoms with Crippen molar-refractivity contribution in [1.82, 2.24) is 4.90 Å². The SMILES string of the molecule is O=C(Nc1ccc(F)cc1)[C@H](c1ccccc1)N1CCCCC1. The zero-order valence-electron chi connectivity index (χ0n) is 13.0. The van der Waals surface area contributed by atoms with E-state index in [4.69, 9.17) is 0 Å². The van der Waals surface area contributed by atoms with Crippen molar-refractivity contribution in [3.63, 3.8) is 0 Å². The van der Waals surface area contributed by atoms with Gasteiger partial charge in [-0.1, -0.05) is 36.8 Å². The van der Waals surface area contributed by atoms with Crippen LogP contribution in [0.5, 0.6) is 0 Å². The van der Waals surface area contributed by atoms with Crippen LogP contribution in [0, 0.1) is 5.82 Å². The average molecular weight is 312 g/mol. The zero-order chi connectivity index (χ0) is 16.1. The minimum atomic E-state index is -0.307. The Balaban J connectivity index is 1.82. The molecule has 0 spiro atoms. The summed E-state index contributed by atoms with van der Waals surface area (Å²) in [7, 11) is 0. The third kappa shape index (κ3) is 3.96. The highest BCUT2D eigenvalue weighted by molar-refractivity contribution is 5.95. The molecule has 4 heteroatoms. The smallest absolute Gasteiger partial charge is 0.246 e. The number of benzene rings is 2. The van der Waals surface area contributed by atoms with Crippen LogP contribution in [0.1, 0.15) is 30.9 Å². The van der Waals surface area contributed by atoms with Crippen molar-refractivity contribution < 1.29 is 9.18 Å². The summed E-state index contributed by atoms with van der Waals surface area (Å²) in [5.74, 6) is -0.372. The maximum atomic E-state index is 13.0. The molecule has 3 nitrogen and oxygen atoms in total. The number of carbonyl (C=O) groups is 1. The summed E-state index contributed by atoms with van der Waals surface area (Å²) in [6, 6.07) is 15.4. The van der Waals surface area contributed by atoms with E-state index in [1.807, 2.05) is 30.3 Å². The number of nitrogens with one attached hydrogen (secondary N) is 1. The number of nitrogens with zero attached hydrogens (tertiary/aromatic N) is 1. The van der Waals surface area contributed by atoms with E-state index in [0.717, 1.165) is 31.5 Å². The lowest BCUT2D eigenvalue weighted by Crippen LogP contribution is -2.40. The molecule has 1 aliphatic rings. The molecule has 2 aromatic carbocycles. The van der Waals surface area contributed by atoms with Crippen molar-refractivity contribution in [2.24, 2.45) is 0 Å². The van der Waals surface area contributed by atoms with Gasteiger partial charge >= 0.3 is 0 Å². The lowest BCUT2D eigenvalue weighted by atomic mass is 10.0. The fraction of sp³-hybridized carbons (Fsp3) is 0.316. The lowest BCUT2D eigenvalue weighted by molar-refractivity contribution is -0.122. The Morgan fingerprint density at radius 3 is 2.26 bits per heavy atom. The van der Waals surface area contributed by atoms with Crippen molar-refractivity contribution in [2.45, 2.75) is 25.3 Å². The number of anilines is 1. The molecule has 0 unspecified atom stereocenters. The van der Waals surface area contributed by atoms with E-state index in [1.54, 1.807) is 12.1 Å². The molecule has 0 aliphatic carbocycles. The second kappa shape index (κ2) is 7.38. The third-order valence-electron chi connectivity index (χ3n) is 4.23. The minimum Gasteiger partial charge on any atom is -0.324 e. The molecule has 2 aromatic rings. The van der Waals surface area contributed by atoms with Crippen LogP contribution in [0.4, 0.5) is 10.1 Å². The topological polar surface area (TPSA) is 32.3 Å². The molecule has 1 heterocycles. The van der Waals surface area contributed by atoms with Gasteiger partial charge in [-0.15, -0.1) is 0 Å². The predicted octanol–water partition coefficient (Wildman–Crippen LogP) is 3.99. The minimum absolute atomic E-state index is 0.0651. The normalized spacial score (nSPS) is 16.7. The second-order valence-electron chi connectivity index (χ2n) is 5.91. The van der Waals surface area contributed by atoms with Crippen LogP contribution in [0.25, 0.3) is 0 Å². The number of amides is 1. The molecule has 1 saturated heterocycles. The van der Waals surface area contributed by atoms with Crippen LogP contribution >= 0.6 is 0 Å². The van der Waals surface area contributed by atoms with Crippen molar-refractivity contribution >= 4 is 11.6 Å². The summed E-state index contributed by atoms with van der Waals surface area (Å²) in [6.07, 6.45) is 3.46. The first-order valence-corrected chi connectivity index (χ1v) is 8.09. The first-order valence-electron chi connectivity index (χ1n) is 8.09. The highest BCUT2D eigenvalue weighted by atomic mass is 19.1. The first kappa shape index (κ1) is 15.7. The van der Waals surface area contributed by atoms with E-state index in [0.29, 0.717) is 5.69 Å². The number of rotatable bonds is 4. The summed E-state index contributed by atoms with van der Waals surface area (Å²) in [6.45, 7) is 1.85. The van der Waals surface area contributed by atoms with Gasteiger partial charge in [-0.2, -0.15) is 0 Å². The van der Waals surface area contributed by atoms with Gasteiger partial charge in [0.15, 0.2) is 0 Å². The van der Waals surface area contributed by atoms with Gasteiger partial charge in [0.05, 0.1) is 0 Å². The standard InChI is InChI=1S/C19H21FN2O/c20-16-9-11-17(12-10-16)21-19(23)18(15-7-3-1-4-8-15)22-13-5-2-6-14-22/h1,3-4,7-12,18H,2,5-6,13-14H2,(H,21,23)/t18-/m0/s1. The first-order chi connectivity index (χ1) is 11.2. The van der Waals surface area contributed by atoms with Crippen molar-refractivity contribution in [1.29, 1.82) is 0 Å². The second-order valence-corrected chi connectivity index (χ2v) is 5.91. The highest BCUT2D eigenvalue weighted by Gasteiger charge is 2.28. The monoisotopic (exact) mass is 312 g/mol. The third-order valence-corrected chi connectivity index (χ3v) is 4.23. The molecule has 0 radical (unpaired) electrons. The van der Waals surface area contributed by atoms with E-state index in [9.17, 15) is 9.18 Å². The fourth-order valence-electron chi connectivity index (χ4n) is 3.08. The molecule has 0 saturated carbocycles. The van der Waals surface area contributed by atoms with Crippen LogP contribution in [-0.2, 0) is 4.79 Å². The van der Waals surface area contributed by atoms with Crippen molar-refractivity contribution in [3.05, 3.63) is 66.0 Å². The van der Waals surface area contributed by atoms with Crippen LogP contribution in [0.2, 0.25) is 0 Å². The van der Waals surface area contributed by atoms with Crippen LogP contribution in [0.15, 0.2) is 54.6 Å². The summed E-state index contributed by atoms with van der Waals surface area (Å²) < 4.78 is 13.0. The van der Waals surface area contributed by atoms with Crippen molar-refractivity contribution in [2.75, 3.05) is 18.4 Å². The Kier molecular flexibility index (Phi) is 5.03. The van der Waals surface area contributed by atoms with Gasteiger partial charge in [-0.25, -0.2) is 4.39 Å². The molecule has 0 bridgehead atoms. The molecule has 1 amide bonds. The summed E-state index contributed by atoms with van der Waals surface area (Å²) in [4.78, 5) is 15.1. The van der Waals surface area contributed by atoms with E-state index in [-0.39, 0.29) is 17.8 Å². The Morgan fingerprint density at radius 1 is 0.957 bits per heavy atom. The summed E-state index contributed by atoms with van der Waals surface area (Å²) in [5, 5.41) is 2.92. The van der Waals surface area contributed by atoms with Crippen LogP contribution in [-0.4, -0.2) is 23.9 Å². The Bertz CT molecular complexity index is 636. The maximum absolute atomic E-state index is 13.0. The van der Waals surface area contributed by atoms with Gasteiger partial charge in [-0.3, -0.25) is 9.69 Å². The molecule has 3 rings (SSSR count). The van der Waals surface area contributed by atoms with E-state index < -0.39 is 0 Å². The molecule has 0 aromatic heterocycles. The van der Waals surface area contributed by atoms with Crippen LogP contribution in [0.3, 0.4) is 0 Å². The average Bonchev–Trinajstić information content (AvgIpc) is 2.59. The molecule has 1 atom stereocenters. The van der Waals surface area contributed by atoms with E-state index in [1.165, 1.54) is 18.6 Å². The van der Waals surface area contributed by atoms with Gasteiger partial charge < -0.3 is 5.32 Å². The highest BCUT2D eigenvalue weighted by Crippen LogP contribution is 2.26. The Labute approximate surface area is 136 Å². The molecule has 1 aliphatic heterocycles. The van der Waals surface area contributed by atoms with Crippen molar-refractivity contribution in [3.8, 4) is 0 Å². The number of halogens is 1. The van der Waals surface area contributed by atoms with E-state index >= 15 is 0 Å². The Hall–Kier alpha value is -2.20. The molecule has 23 heavy (non-hydrogen) atoms.